The van der Waals surface area contributed by atoms with Crippen molar-refractivity contribution in [1.29, 1.82) is 0 Å². The van der Waals surface area contributed by atoms with Gasteiger partial charge < -0.3 is 20.5 Å². The number of aromatic nitrogens is 3. The van der Waals surface area contributed by atoms with Crippen LogP contribution in [0.5, 0.6) is 11.6 Å². The quantitative estimate of drug-likeness (QED) is 0.596. The number of anilines is 3. The second-order valence-corrected chi connectivity index (χ2v) is 6.43. The van der Waals surface area contributed by atoms with Gasteiger partial charge >= 0.3 is 5.97 Å². The number of carbonyl (C=O) groups excluding carboxylic acids is 1. The van der Waals surface area contributed by atoms with E-state index in [-0.39, 0.29) is 23.5 Å². The number of nitrogen functional groups attached to an aromatic ring is 1. The first-order valence-corrected chi connectivity index (χ1v) is 8.75. The van der Waals surface area contributed by atoms with Crippen molar-refractivity contribution < 1.29 is 14.3 Å². The van der Waals surface area contributed by atoms with E-state index in [4.69, 9.17) is 15.2 Å². The molecule has 0 saturated heterocycles. The number of ether oxygens (including phenoxy) is 2. The zero-order chi connectivity index (χ0) is 19.9. The first kappa shape index (κ1) is 19.1. The number of pyridine rings is 1. The van der Waals surface area contributed by atoms with E-state index in [0.717, 1.165) is 0 Å². The highest BCUT2D eigenvalue weighted by Gasteiger charge is 2.12. The maximum absolute atomic E-state index is 12.0. The van der Waals surface area contributed by atoms with E-state index in [0.29, 0.717) is 29.4 Å². The van der Waals surface area contributed by atoms with Crippen molar-refractivity contribution in [3.05, 3.63) is 60.7 Å². The predicted molar refractivity (Wildman–Crippen MR) is 106 cm³/mol. The summed E-state index contributed by atoms with van der Waals surface area (Å²) in [5.41, 5.74) is 7.56. The molecule has 0 atom stereocenters. The van der Waals surface area contributed by atoms with Gasteiger partial charge in [0.05, 0.1) is 18.4 Å². The highest BCUT2D eigenvalue weighted by Crippen LogP contribution is 2.30. The monoisotopic (exact) mass is 379 g/mol. The molecular weight excluding hydrogens is 358 g/mol. The van der Waals surface area contributed by atoms with Crippen molar-refractivity contribution in [2.24, 2.45) is 5.92 Å². The number of hydrogen-bond acceptors (Lipinski definition) is 8. The summed E-state index contributed by atoms with van der Waals surface area (Å²) in [4.78, 5) is 24.2. The third kappa shape index (κ3) is 4.94. The number of benzene rings is 1. The third-order valence-corrected chi connectivity index (χ3v) is 3.63. The summed E-state index contributed by atoms with van der Waals surface area (Å²) in [5.74, 6) is 1.06. The largest absolute Gasteiger partial charge is 0.462 e. The maximum atomic E-state index is 12.0. The van der Waals surface area contributed by atoms with Crippen molar-refractivity contribution >= 4 is 23.2 Å². The lowest BCUT2D eigenvalue weighted by molar-refractivity contribution is 0.0459. The second kappa shape index (κ2) is 8.81. The standard InChI is InChI=1S/C20H21N5O3/c1-13(2)11-27-20(26)14-5-7-15(8-6-14)25-18-17(21)19(24-12-23-18)28-16-4-3-9-22-10-16/h3-10,12-13H,11,21H2,1-2H3,(H,23,24,25). The lowest BCUT2D eigenvalue weighted by Gasteiger charge is -2.12. The lowest BCUT2D eigenvalue weighted by atomic mass is 10.2. The van der Waals surface area contributed by atoms with Crippen LogP contribution in [0.2, 0.25) is 0 Å². The Labute approximate surface area is 162 Å². The molecule has 3 aromatic rings. The molecule has 0 spiro atoms. The number of nitrogens with two attached hydrogens (primary N) is 1. The first-order chi connectivity index (χ1) is 13.5. The first-order valence-electron chi connectivity index (χ1n) is 8.75. The van der Waals surface area contributed by atoms with Crippen molar-refractivity contribution in [1.82, 2.24) is 15.0 Å². The Bertz CT molecular complexity index is 930. The molecule has 0 radical (unpaired) electrons. The summed E-state index contributed by atoms with van der Waals surface area (Å²) >= 11 is 0. The molecule has 2 heterocycles. The molecule has 0 unspecified atom stereocenters. The molecule has 0 fully saturated rings. The maximum Gasteiger partial charge on any atom is 0.338 e. The summed E-state index contributed by atoms with van der Waals surface area (Å²) in [6.45, 7) is 4.35. The van der Waals surface area contributed by atoms with Gasteiger partial charge in [-0.3, -0.25) is 4.98 Å². The molecule has 0 aliphatic heterocycles. The van der Waals surface area contributed by atoms with Crippen LogP contribution in [-0.2, 0) is 4.74 Å². The Morgan fingerprint density at radius 3 is 2.64 bits per heavy atom. The van der Waals surface area contributed by atoms with E-state index < -0.39 is 0 Å². The smallest absolute Gasteiger partial charge is 0.338 e. The Hall–Kier alpha value is -3.68. The van der Waals surface area contributed by atoms with Gasteiger partial charge in [0.25, 0.3) is 0 Å². The zero-order valence-electron chi connectivity index (χ0n) is 15.6. The molecule has 0 aliphatic rings. The van der Waals surface area contributed by atoms with Gasteiger partial charge in [-0.1, -0.05) is 13.8 Å². The second-order valence-electron chi connectivity index (χ2n) is 6.43. The Kier molecular flexibility index (Phi) is 6.01. The van der Waals surface area contributed by atoms with Crippen LogP contribution in [0.1, 0.15) is 24.2 Å². The molecule has 1 aromatic carbocycles. The molecule has 0 saturated carbocycles. The molecule has 0 aliphatic carbocycles. The van der Waals surface area contributed by atoms with Gasteiger partial charge in [-0.05, 0) is 42.3 Å². The molecule has 0 bridgehead atoms. The van der Waals surface area contributed by atoms with E-state index in [9.17, 15) is 4.79 Å². The van der Waals surface area contributed by atoms with Gasteiger partial charge in [-0.15, -0.1) is 0 Å². The van der Waals surface area contributed by atoms with Crippen molar-refractivity contribution in [2.45, 2.75) is 13.8 Å². The van der Waals surface area contributed by atoms with Crippen molar-refractivity contribution in [3.8, 4) is 11.6 Å². The molecule has 2 aromatic heterocycles. The number of nitrogens with one attached hydrogen (secondary N) is 1. The van der Waals surface area contributed by atoms with Gasteiger partial charge in [0.1, 0.15) is 17.8 Å². The Balaban J connectivity index is 1.70. The van der Waals surface area contributed by atoms with Crippen LogP contribution in [0.4, 0.5) is 17.2 Å². The minimum atomic E-state index is -0.353. The summed E-state index contributed by atoms with van der Waals surface area (Å²) in [5, 5.41) is 3.09. The molecule has 3 N–H and O–H groups in total. The lowest BCUT2D eigenvalue weighted by Crippen LogP contribution is -2.10. The highest BCUT2D eigenvalue weighted by molar-refractivity contribution is 5.90. The topological polar surface area (TPSA) is 112 Å². The van der Waals surface area contributed by atoms with Crippen LogP contribution < -0.4 is 15.8 Å². The predicted octanol–water partition coefficient (Wildman–Crippen LogP) is 3.80. The summed E-state index contributed by atoms with van der Waals surface area (Å²) in [7, 11) is 0. The zero-order valence-corrected chi connectivity index (χ0v) is 15.6. The number of esters is 1. The average Bonchev–Trinajstić information content (AvgIpc) is 2.70. The fourth-order valence-corrected chi connectivity index (χ4v) is 2.23. The summed E-state index contributed by atoms with van der Waals surface area (Å²) in [6, 6.07) is 10.3. The van der Waals surface area contributed by atoms with E-state index in [1.807, 2.05) is 13.8 Å². The molecule has 8 heteroatoms. The SMILES string of the molecule is CC(C)COC(=O)c1ccc(Nc2ncnc(Oc3cccnc3)c2N)cc1. The van der Waals surface area contributed by atoms with E-state index in [1.54, 1.807) is 48.8 Å². The molecule has 8 nitrogen and oxygen atoms in total. The minimum Gasteiger partial charge on any atom is -0.462 e. The van der Waals surface area contributed by atoms with Crippen molar-refractivity contribution in [2.75, 3.05) is 17.7 Å². The molecule has 28 heavy (non-hydrogen) atoms. The number of hydrogen-bond donors (Lipinski definition) is 2. The van der Waals surface area contributed by atoms with Crippen LogP contribution in [-0.4, -0.2) is 27.5 Å². The third-order valence-electron chi connectivity index (χ3n) is 3.63. The van der Waals surface area contributed by atoms with Gasteiger partial charge in [-0.2, -0.15) is 4.98 Å². The van der Waals surface area contributed by atoms with Crippen LogP contribution >= 0.6 is 0 Å². The molecule has 144 valence electrons. The Morgan fingerprint density at radius 1 is 1.18 bits per heavy atom. The van der Waals surface area contributed by atoms with Crippen LogP contribution in [0.3, 0.4) is 0 Å². The minimum absolute atomic E-state index is 0.222. The van der Waals surface area contributed by atoms with Crippen molar-refractivity contribution in [3.63, 3.8) is 0 Å². The molecule has 0 amide bonds. The fraction of sp³-hybridized carbons (Fsp3) is 0.200. The highest BCUT2D eigenvalue weighted by atomic mass is 16.5. The number of rotatable bonds is 7. The Morgan fingerprint density at radius 2 is 1.96 bits per heavy atom. The number of carbonyl (C=O) groups is 1. The molecular formula is C20H21N5O3. The van der Waals surface area contributed by atoms with E-state index in [1.165, 1.54) is 6.33 Å². The fourth-order valence-electron chi connectivity index (χ4n) is 2.23. The van der Waals surface area contributed by atoms with E-state index in [2.05, 4.69) is 20.3 Å². The van der Waals surface area contributed by atoms with E-state index >= 15 is 0 Å². The summed E-state index contributed by atoms with van der Waals surface area (Å²) in [6.07, 6.45) is 4.55. The van der Waals surface area contributed by atoms with Gasteiger partial charge in [0, 0.05) is 11.9 Å². The van der Waals surface area contributed by atoms with Gasteiger partial charge in [-0.25, -0.2) is 9.78 Å². The van der Waals surface area contributed by atoms with Crippen LogP contribution in [0, 0.1) is 5.92 Å². The number of nitrogens with zero attached hydrogens (tertiary/aromatic N) is 3. The molecule has 3 rings (SSSR count). The normalized spacial score (nSPS) is 10.5. The van der Waals surface area contributed by atoms with Gasteiger partial charge in [0.2, 0.25) is 5.88 Å². The van der Waals surface area contributed by atoms with Gasteiger partial charge in [0.15, 0.2) is 5.82 Å². The van der Waals surface area contributed by atoms with Crippen LogP contribution in [0.15, 0.2) is 55.1 Å². The summed E-state index contributed by atoms with van der Waals surface area (Å²) < 4.78 is 10.9. The van der Waals surface area contributed by atoms with Crippen LogP contribution in [0.25, 0.3) is 0 Å². The average molecular weight is 379 g/mol.